The summed E-state index contributed by atoms with van der Waals surface area (Å²) in [6.45, 7) is 4.05. The molecule has 6 heteroatoms. The third-order valence-corrected chi connectivity index (χ3v) is 5.47. The zero-order valence-electron chi connectivity index (χ0n) is 11.2. The molecule has 1 aromatic rings. The molecule has 0 aromatic heterocycles. The third-order valence-electron chi connectivity index (χ3n) is 3.93. The molecule has 1 aliphatic carbocycles. The average molecular weight is 286 g/mol. The van der Waals surface area contributed by atoms with Crippen LogP contribution in [0.1, 0.15) is 31.7 Å². The van der Waals surface area contributed by atoms with Crippen molar-refractivity contribution in [3.63, 3.8) is 0 Å². The molecule has 0 unspecified atom stereocenters. The van der Waals surface area contributed by atoms with E-state index in [1.165, 1.54) is 6.07 Å². The number of nitrogens with one attached hydrogen (secondary N) is 1. The van der Waals surface area contributed by atoms with Crippen molar-refractivity contribution in [2.24, 2.45) is 5.41 Å². The number of anilines is 1. The standard InChI is InChI=1S/C13H19FN2O2S/c1-3-13(4-5-13)8-16-19(17,18)12-7-11(15)10(14)6-9(12)2/h6-7,16H,3-5,8,15H2,1-2H3. The van der Waals surface area contributed by atoms with Gasteiger partial charge in [0.25, 0.3) is 0 Å². The molecule has 0 atom stereocenters. The Kier molecular flexibility index (Phi) is 3.57. The molecule has 2 rings (SSSR count). The highest BCUT2D eigenvalue weighted by molar-refractivity contribution is 7.89. The van der Waals surface area contributed by atoms with Crippen LogP contribution in [-0.2, 0) is 10.0 Å². The molecular formula is C13H19FN2O2S. The second-order valence-corrected chi connectivity index (χ2v) is 7.05. The van der Waals surface area contributed by atoms with E-state index < -0.39 is 15.8 Å². The quantitative estimate of drug-likeness (QED) is 0.815. The van der Waals surface area contributed by atoms with E-state index in [9.17, 15) is 12.8 Å². The molecule has 0 aliphatic heterocycles. The van der Waals surface area contributed by atoms with Crippen molar-refractivity contribution in [2.45, 2.75) is 38.0 Å². The number of aryl methyl sites for hydroxylation is 1. The first kappa shape index (κ1) is 14.3. The van der Waals surface area contributed by atoms with Gasteiger partial charge in [0.1, 0.15) is 5.82 Å². The molecule has 1 fully saturated rings. The Labute approximate surface area is 113 Å². The molecule has 106 valence electrons. The first-order valence-corrected chi connectivity index (χ1v) is 7.83. The summed E-state index contributed by atoms with van der Waals surface area (Å²) in [5.41, 5.74) is 5.77. The van der Waals surface area contributed by atoms with Gasteiger partial charge in [-0.15, -0.1) is 0 Å². The molecule has 0 amide bonds. The maximum absolute atomic E-state index is 13.2. The van der Waals surface area contributed by atoms with Gasteiger partial charge in [-0.3, -0.25) is 0 Å². The van der Waals surface area contributed by atoms with Gasteiger partial charge in [-0.05, 0) is 49.3 Å². The molecular weight excluding hydrogens is 267 g/mol. The Bertz CT molecular complexity index is 595. The number of halogens is 1. The Morgan fingerprint density at radius 2 is 2.05 bits per heavy atom. The largest absolute Gasteiger partial charge is 0.396 e. The van der Waals surface area contributed by atoms with Gasteiger partial charge in [-0.25, -0.2) is 17.5 Å². The van der Waals surface area contributed by atoms with Crippen LogP contribution in [-0.4, -0.2) is 15.0 Å². The summed E-state index contributed by atoms with van der Waals surface area (Å²) in [5.74, 6) is -0.594. The summed E-state index contributed by atoms with van der Waals surface area (Å²) in [4.78, 5) is 0.0540. The molecule has 3 N–H and O–H groups in total. The smallest absolute Gasteiger partial charge is 0.240 e. The Morgan fingerprint density at radius 3 is 2.58 bits per heavy atom. The second-order valence-electron chi connectivity index (χ2n) is 5.32. The number of hydrogen-bond acceptors (Lipinski definition) is 3. The van der Waals surface area contributed by atoms with Crippen molar-refractivity contribution in [3.05, 3.63) is 23.5 Å². The third kappa shape index (κ3) is 2.90. The zero-order valence-corrected chi connectivity index (χ0v) is 12.0. The molecule has 0 bridgehead atoms. The van der Waals surface area contributed by atoms with Gasteiger partial charge < -0.3 is 5.73 Å². The van der Waals surface area contributed by atoms with Crippen LogP contribution >= 0.6 is 0 Å². The van der Waals surface area contributed by atoms with Gasteiger partial charge in [-0.1, -0.05) is 6.92 Å². The van der Waals surface area contributed by atoms with Crippen LogP contribution < -0.4 is 10.5 Å². The topological polar surface area (TPSA) is 72.2 Å². The fourth-order valence-corrected chi connectivity index (χ4v) is 3.53. The lowest BCUT2D eigenvalue weighted by atomic mass is 10.1. The van der Waals surface area contributed by atoms with E-state index in [1.54, 1.807) is 6.92 Å². The number of rotatable bonds is 5. The minimum Gasteiger partial charge on any atom is -0.396 e. The summed E-state index contributed by atoms with van der Waals surface area (Å²) < 4.78 is 40.3. The number of benzene rings is 1. The summed E-state index contributed by atoms with van der Waals surface area (Å²) in [6, 6.07) is 2.33. The fourth-order valence-electron chi connectivity index (χ4n) is 2.12. The summed E-state index contributed by atoms with van der Waals surface area (Å²) in [5, 5.41) is 0. The van der Waals surface area contributed by atoms with Crippen LogP contribution in [0.2, 0.25) is 0 Å². The molecule has 1 saturated carbocycles. The van der Waals surface area contributed by atoms with Crippen LogP contribution in [0.15, 0.2) is 17.0 Å². The van der Waals surface area contributed by atoms with Gasteiger partial charge >= 0.3 is 0 Å². The number of nitrogen functional groups attached to an aromatic ring is 1. The van der Waals surface area contributed by atoms with E-state index >= 15 is 0 Å². The fraction of sp³-hybridized carbons (Fsp3) is 0.538. The highest BCUT2D eigenvalue weighted by atomic mass is 32.2. The Morgan fingerprint density at radius 1 is 1.42 bits per heavy atom. The Balaban J connectivity index is 2.22. The predicted octanol–water partition coefficient (Wildman–Crippen LogP) is 2.18. The van der Waals surface area contributed by atoms with E-state index in [2.05, 4.69) is 11.6 Å². The lowest BCUT2D eigenvalue weighted by molar-refractivity contribution is 0.475. The first-order chi connectivity index (χ1) is 8.80. The lowest BCUT2D eigenvalue weighted by Gasteiger charge is -2.15. The number of sulfonamides is 1. The second kappa shape index (κ2) is 4.76. The molecule has 1 aliphatic rings. The molecule has 0 heterocycles. The van der Waals surface area contributed by atoms with E-state index in [1.807, 2.05) is 0 Å². The summed E-state index contributed by atoms with van der Waals surface area (Å²) >= 11 is 0. The van der Waals surface area contributed by atoms with Crippen molar-refractivity contribution < 1.29 is 12.8 Å². The van der Waals surface area contributed by atoms with Gasteiger partial charge in [0.05, 0.1) is 10.6 Å². The van der Waals surface area contributed by atoms with Crippen molar-refractivity contribution >= 4 is 15.7 Å². The van der Waals surface area contributed by atoms with E-state index in [0.717, 1.165) is 25.3 Å². The van der Waals surface area contributed by atoms with E-state index in [4.69, 9.17) is 5.73 Å². The SMILES string of the molecule is CCC1(CNS(=O)(=O)c2cc(N)c(F)cc2C)CC1. The van der Waals surface area contributed by atoms with Gasteiger partial charge in [0.2, 0.25) is 10.0 Å². The molecule has 0 radical (unpaired) electrons. The molecule has 19 heavy (non-hydrogen) atoms. The zero-order chi connectivity index (χ0) is 14.3. The first-order valence-electron chi connectivity index (χ1n) is 6.35. The monoisotopic (exact) mass is 286 g/mol. The van der Waals surface area contributed by atoms with E-state index in [0.29, 0.717) is 12.1 Å². The molecule has 1 aromatic carbocycles. The van der Waals surface area contributed by atoms with Crippen LogP contribution in [0.25, 0.3) is 0 Å². The van der Waals surface area contributed by atoms with Crippen LogP contribution in [0.4, 0.5) is 10.1 Å². The van der Waals surface area contributed by atoms with Crippen molar-refractivity contribution in [1.82, 2.24) is 4.72 Å². The summed E-state index contributed by atoms with van der Waals surface area (Å²) in [6.07, 6.45) is 3.06. The maximum Gasteiger partial charge on any atom is 0.240 e. The van der Waals surface area contributed by atoms with Gasteiger partial charge in [0, 0.05) is 6.54 Å². The maximum atomic E-state index is 13.2. The van der Waals surface area contributed by atoms with Crippen molar-refractivity contribution in [3.8, 4) is 0 Å². The van der Waals surface area contributed by atoms with Crippen LogP contribution in [0.5, 0.6) is 0 Å². The predicted molar refractivity (Wildman–Crippen MR) is 72.7 cm³/mol. The van der Waals surface area contributed by atoms with Crippen molar-refractivity contribution in [2.75, 3.05) is 12.3 Å². The van der Waals surface area contributed by atoms with Gasteiger partial charge in [0.15, 0.2) is 0 Å². The van der Waals surface area contributed by atoms with Crippen molar-refractivity contribution in [1.29, 1.82) is 0 Å². The highest BCUT2D eigenvalue weighted by Crippen LogP contribution is 2.48. The van der Waals surface area contributed by atoms with Crippen LogP contribution in [0.3, 0.4) is 0 Å². The molecule has 0 spiro atoms. The number of hydrogen-bond donors (Lipinski definition) is 2. The molecule has 4 nitrogen and oxygen atoms in total. The van der Waals surface area contributed by atoms with E-state index in [-0.39, 0.29) is 16.0 Å². The minimum absolute atomic E-state index is 0.0540. The average Bonchev–Trinajstić information content (AvgIpc) is 3.12. The Hall–Kier alpha value is -1.14. The lowest BCUT2D eigenvalue weighted by Crippen LogP contribution is -2.30. The minimum atomic E-state index is -3.63. The normalized spacial score (nSPS) is 17.4. The summed E-state index contributed by atoms with van der Waals surface area (Å²) in [7, 11) is -3.63. The molecule has 0 saturated heterocycles. The van der Waals surface area contributed by atoms with Crippen LogP contribution in [0, 0.1) is 18.2 Å². The van der Waals surface area contributed by atoms with Gasteiger partial charge in [-0.2, -0.15) is 0 Å². The number of nitrogens with two attached hydrogens (primary N) is 1. The highest BCUT2D eigenvalue weighted by Gasteiger charge is 2.41.